The van der Waals surface area contributed by atoms with Gasteiger partial charge in [-0.1, -0.05) is 31.3 Å². The van der Waals surface area contributed by atoms with Crippen molar-refractivity contribution in [2.75, 3.05) is 5.32 Å². The summed E-state index contributed by atoms with van der Waals surface area (Å²) in [6.07, 6.45) is 0.815. The number of fused-ring (bicyclic) bond motifs is 1. The molecule has 1 N–H and O–H groups in total. The SMILES string of the molecule is CC(=O)Nc1cccc(OCc2cc(=O)n3nc(CC(C)C)sc3n2)c1. The molecular weight excluding hydrogens is 352 g/mol. The van der Waals surface area contributed by atoms with E-state index in [2.05, 4.69) is 29.2 Å². The molecule has 3 rings (SSSR count). The van der Waals surface area contributed by atoms with E-state index in [0.717, 1.165) is 11.4 Å². The zero-order valence-electron chi connectivity index (χ0n) is 14.9. The van der Waals surface area contributed by atoms with Gasteiger partial charge in [-0.2, -0.15) is 9.61 Å². The Labute approximate surface area is 154 Å². The monoisotopic (exact) mass is 372 g/mol. The molecule has 0 aliphatic carbocycles. The topological polar surface area (TPSA) is 85.6 Å². The van der Waals surface area contributed by atoms with Crippen LogP contribution in [0.3, 0.4) is 0 Å². The molecule has 0 saturated carbocycles. The predicted molar refractivity (Wildman–Crippen MR) is 101 cm³/mol. The van der Waals surface area contributed by atoms with Gasteiger partial charge in [0.1, 0.15) is 17.4 Å². The standard InChI is InChI=1S/C18H20N4O3S/c1-11(2)7-16-21-22-17(24)9-14(20-18(22)26-16)10-25-15-6-4-5-13(8-15)19-12(3)23/h4-6,8-9,11H,7,10H2,1-3H3,(H,19,23). The summed E-state index contributed by atoms with van der Waals surface area (Å²) in [5, 5.41) is 7.92. The Balaban J connectivity index is 1.77. The second-order valence-electron chi connectivity index (χ2n) is 6.37. The summed E-state index contributed by atoms with van der Waals surface area (Å²) in [5.41, 5.74) is 0.978. The fourth-order valence-electron chi connectivity index (χ4n) is 2.43. The summed E-state index contributed by atoms with van der Waals surface area (Å²) in [4.78, 5) is 28.4. The lowest BCUT2D eigenvalue weighted by Gasteiger charge is -2.08. The lowest BCUT2D eigenvalue weighted by atomic mass is 10.1. The van der Waals surface area contributed by atoms with Crippen LogP contribution in [0.4, 0.5) is 5.69 Å². The summed E-state index contributed by atoms with van der Waals surface area (Å²) >= 11 is 1.42. The van der Waals surface area contributed by atoms with Crippen LogP contribution in [0.5, 0.6) is 5.75 Å². The normalized spacial score (nSPS) is 11.1. The van der Waals surface area contributed by atoms with Crippen LogP contribution in [0.15, 0.2) is 35.1 Å². The van der Waals surface area contributed by atoms with Crippen LogP contribution in [-0.4, -0.2) is 20.5 Å². The lowest BCUT2D eigenvalue weighted by molar-refractivity contribution is -0.114. The molecule has 26 heavy (non-hydrogen) atoms. The number of hydrogen-bond donors (Lipinski definition) is 1. The van der Waals surface area contributed by atoms with Crippen LogP contribution in [0.2, 0.25) is 0 Å². The van der Waals surface area contributed by atoms with E-state index in [9.17, 15) is 9.59 Å². The number of carbonyl (C=O) groups excluding carboxylic acids is 1. The highest BCUT2D eigenvalue weighted by Crippen LogP contribution is 2.19. The van der Waals surface area contributed by atoms with Crippen molar-refractivity contribution >= 4 is 27.9 Å². The van der Waals surface area contributed by atoms with Gasteiger partial charge in [-0.3, -0.25) is 9.59 Å². The van der Waals surface area contributed by atoms with Crippen molar-refractivity contribution in [1.29, 1.82) is 0 Å². The minimum Gasteiger partial charge on any atom is -0.487 e. The van der Waals surface area contributed by atoms with Gasteiger partial charge in [0.15, 0.2) is 0 Å². The van der Waals surface area contributed by atoms with Gasteiger partial charge in [-0.15, -0.1) is 0 Å². The molecule has 136 valence electrons. The van der Waals surface area contributed by atoms with Crippen LogP contribution >= 0.6 is 11.3 Å². The number of nitrogens with one attached hydrogen (secondary N) is 1. The van der Waals surface area contributed by atoms with Crippen molar-refractivity contribution < 1.29 is 9.53 Å². The minimum atomic E-state index is -0.216. The Hall–Kier alpha value is -2.74. The molecule has 0 aliphatic rings. The van der Waals surface area contributed by atoms with Crippen LogP contribution in [0.1, 0.15) is 31.5 Å². The van der Waals surface area contributed by atoms with Crippen molar-refractivity contribution in [2.24, 2.45) is 5.92 Å². The number of ether oxygens (including phenoxy) is 1. The Morgan fingerprint density at radius 2 is 2.15 bits per heavy atom. The number of rotatable bonds is 6. The Kier molecular flexibility index (Phi) is 5.32. The highest BCUT2D eigenvalue weighted by molar-refractivity contribution is 7.16. The average molecular weight is 372 g/mol. The first kappa shape index (κ1) is 18.1. The lowest BCUT2D eigenvalue weighted by Crippen LogP contribution is -2.16. The number of aromatic nitrogens is 3. The molecule has 1 amide bonds. The van der Waals surface area contributed by atoms with Crippen LogP contribution in [0, 0.1) is 5.92 Å². The molecular formula is C18H20N4O3S. The first-order valence-corrected chi connectivity index (χ1v) is 9.11. The van der Waals surface area contributed by atoms with E-state index >= 15 is 0 Å². The fraction of sp³-hybridized carbons (Fsp3) is 0.333. The van der Waals surface area contributed by atoms with Crippen molar-refractivity contribution in [3.05, 3.63) is 51.4 Å². The summed E-state index contributed by atoms with van der Waals surface area (Å²) < 4.78 is 7.05. The third-order valence-electron chi connectivity index (χ3n) is 3.46. The summed E-state index contributed by atoms with van der Waals surface area (Å²) in [5.74, 6) is 0.901. The van der Waals surface area contributed by atoms with Gasteiger partial charge in [0.2, 0.25) is 10.9 Å². The number of carbonyl (C=O) groups is 1. The highest BCUT2D eigenvalue weighted by Gasteiger charge is 2.11. The zero-order valence-corrected chi connectivity index (χ0v) is 15.7. The zero-order chi connectivity index (χ0) is 18.7. The Morgan fingerprint density at radius 3 is 2.88 bits per heavy atom. The molecule has 0 fully saturated rings. The number of nitrogens with zero attached hydrogens (tertiary/aromatic N) is 3. The molecule has 0 aliphatic heterocycles. The van der Waals surface area contributed by atoms with Crippen molar-refractivity contribution in [3.8, 4) is 5.75 Å². The molecule has 3 aromatic rings. The van der Waals surface area contributed by atoms with E-state index in [4.69, 9.17) is 4.74 Å². The molecule has 0 spiro atoms. The van der Waals surface area contributed by atoms with E-state index in [1.807, 2.05) is 0 Å². The van der Waals surface area contributed by atoms with E-state index in [1.165, 1.54) is 28.8 Å². The van der Waals surface area contributed by atoms with E-state index in [-0.39, 0.29) is 18.1 Å². The molecule has 0 radical (unpaired) electrons. The molecule has 0 bridgehead atoms. The van der Waals surface area contributed by atoms with E-state index in [1.54, 1.807) is 24.3 Å². The van der Waals surface area contributed by atoms with Gasteiger partial charge in [0.05, 0.1) is 5.69 Å². The second-order valence-corrected chi connectivity index (χ2v) is 7.41. The molecule has 2 aromatic heterocycles. The van der Waals surface area contributed by atoms with Crippen molar-refractivity contribution in [1.82, 2.24) is 14.6 Å². The molecule has 0 saturated heterocycles. The number of hydrogen-bond acceptors (Lipinski definition) is 6. The van der Waals surface area contributed by atoms with E-state index < -0.39 is 0 Å². The predicted octanol–water partition coefficient (Wildman–Crippen LogP) is 2.89. The van der Waals surface area contributed by atoms with Crippen LogP contribution in [-0.2, 0) is 17.8 Å². The summed E-state index contributed by atoms with van der Waals surface area (Å²) in [6, 6.07) is 8.50. The van der Waals surface area contributed by atoms with Crippen molar-refractivity contribution in [3.63, 3.8) is 0 Å². The Bertz CT molecular complexity index is 994. The van der Waals surface area contributed by atoms with E-state index in [0.29, 0.717) is 28.0 Å². The van der Waals surface area contributed by atoms with Gasteiger partial charge in [0.25, 0.3) is 5.56 Å². The first-order valence-electron chi connectivity index (χ1n) is 8.30. The maximum absolute atomic E-state index is 12.2. The van der Waals surface area contributed by atoms with Gasteiger partial charge in [0, 0.05) is 31.2 Å². The minimum absolute atomic E-state index is 0.148. The maximum atomic E-state index is 12.2. The molecule has 0 unspecified atom stereocenters. The number of amides is 1. The van der Waals surface area contributed by atoms with Crippen molar-refractivity contribution in [2.45, 2.75) is 33.8 Å². The fourth-order valence-corrected chi connectivity index (χ4v) is 3.56. The van der Waals surface area contributed by atoms with Gasteiger partial charge >= 0.3 is 0 Å². The number of anilines is 1. The number of benzene rings is 1. The van der Waals surface area contributed by atoms with Crippen LogP contribution in [0.25, 0.3) is 4.96 Å². The molecule has 0 atom stereocenters. The average Bonchev–Trinajstić information content (AvgIpc) is 2.95. The quantitative estimate of drug-likeness (QED) is 0.719. The summed E-state index contributed by atoms with van der Waals surface area (Å²) in [7, 11) is 0. The van der Waals surface area contributed by atoms with Gasteiger partial charge in [-0.25, -0.2) is 4.98 Å². The third-order valence-corrected chi connectivity index (χ3v) is 4.39. The summed E-state index contributed by atoms with van der Waals surface area (Å²) in [6.45, 7) is 5.82. The second kappa shape index (κ2) is 7.65. The smallest absolute Gasteiger partial charge is 0.275 e. The molecule has 8 heteroatoms. The third kappa shape index (κ3) is 4.45. The first-order chi connectivity index (χ1) is 12.4. The van der Waals surface area contributed by atoms with Gasteiger partial charge < -0.3 is 10.1 Å². The maximum Gasteiger partial charge on any atom is 0.275 e. The molecule has 1 aromatic carbocycles. The highest BCUT2D eigenvalue weighted by atomic mass is 32.1. The molecule has 7 nitrogen and oxygen atoms in total. The largest absolute Gasteiger partial charge is 0.487 e. The van der Waals surface area contributed by atoms with Crippen LogP contribution < -0.4 is 15.6 Å². The molecule has 2 heterocycles. The Morgan fingerprint density at radius 1 is 1.35 bits per heavy atom. The van der Waals surface area contributed by atoms with Gasteiger partial charge in [-0.05, 0) is 18.1 Å².